The quantitative estimate of drug-likeness (QED) is 0.631. The number of likely N-dealkylation sites (N-methyl/N-ethyl adjacent to an activating group) is 1. The highest BCUT2D eigenvalue weighted by Crippen LogP contribution is 2.29. The SMILES string of the molecule is CN(CC(=O)Nc1cccc(C2CCc3nncn3C2)c1)S(=O)(=O)c1ccc(F)cc1. The molecular weight excluding hydrogens is 421 g/mol. The number of hydrogen-bond acceptors (Lipinski definition) is 5. The van der Waals surface area contributed by atoms with Gasteiger partial charge in [-0.15, -0.1) is 10.2 Å². The second-order valence-corrected chi connectivity index (χ2v) is 9.57. The van der Waals surface area contributed by atoms with Gasteiger partial charge in [-0.25, -0.2) is 12.8 Å². The van der Waals surface area contributed by atoms with Gasteiger partial charge >= 0.3 is 0 Å². The Bertz CT molecular complexity index is 1190. The van der Waals surface area contributed by atoms with E-state index in [1.165, 1.54) is 19.2 Å². The number of rotatable bonds is 6. The molecule has 0 fully saturated rings. The Balaban J connectivity index is 1.41. The van der Waals surface area contributed by atoms with Gasteiger partial charge in [0.2, 0.25) is 15.9 Å². The van der Waals surface area contributed by atoms with Gasteiger partial charge < -0.3 is 9.88 Å². The van der Waals surface area contributed by atoms with E-state index in [1.807, 2.05) is 22.8 Å². The van der Waals surface area contributed by atoms with Crippen LogP contribution in [0.4, 0.5) is 10.1 Å². The summed E-state index contributed by atoms with van der Waals surface area (Å²) < 4.78 is 41.2. The summed E-state index contributed by atoms with van der Waals surface area (Å²) >= 11 is 0. The first kappa shape index (κ1) is 21.1. The molecule has 1 atom stereocenters. The minimum Gasteiger partial charge on any atom is -0.325 e. The fourth-order valence-corrected chi connectivity index (χ4v) is 4.80. The topological polar surface area (TPSA) is 97.2 Å². The second kappa shape index (κ2) is 8.56. The van der Waals surface area contributed by atoms with E-state index in [2.05, 4.69) is 15.5 Å². The molecule has 0 bridgehead atoms. The van der Waals surface area contributed by atoms with Crippen LogP contribution in [0.2, 0.25) is 0 Å². The maximum absolute atomic E-state index is 13.1. The smallest absolute Gasteiger partial charge is 0.243 e. The monoisotopic (exact) mass is 443 g/mol. The van der Waals surface area contributed by atoms with E-state index in [9.17, 15) is 17.6 Å². The number of aromatic nitrogens is 3. The number of benzene rings is 2. The lowest BCUT2D eigenvalue weighted by Gasteiger charge is -2.24. The lowest BCUT2D eigenvalue weighted by Crippen LogP contribution is -2.35. The van der Waals surface area contributed by atoms with Crippen LogP contribution in [0.25, 0.3) is 0 Å². The average Bonchev–Trinajstić information content (AvgIpc) is 3.22. The molecule has 0 saturated heterocycles. The van der Waals surface area contributed by atoms with E-state index in [4.69, 9.17) is 0 Å². The number of carbonyl (C=O) groups excluding carboxylic acids is 1. The van der Waals surface area contributed by atoms with E-state index < -0.39 is 21.7 Å². The normalized spacial score (nSPS) is 16.2. The first-order chi connectivity index (χ1) is 14.8. The third-order valence-electron chi connectivity index (χ3n) is 5.36. The predicted octanol–water partition coefficient (Wildman–Crippen LogP) is 2.41. The Labute approximate surface area is 179 Å². The van der Waals surface area contributed by atoms with Crippen molar-refractivity contribution in [3.63, 3.8) is 0 Å². The molecule has 162 valence electrons. The van der Waals surface area contributed by atoms with Gasteiger partial charge in [-0.1, -0.05) is 12.1 Å². The third-order valence-corrected chi connectivity index (χ3v) is 7.18. The zero-order valence-electron chi connectivity index (χ0n) is 16.9. The number of fused-ring (bicyclic) bond motifs is 1. The summed E-state index contributed by atoms with van der Waals surface area (Å²) in [5.41, 5.74) is 1.69. The van der Waals surface area contributed by atoms with Crippen molar-refractivity contribution in [2.75, 3.05) is 18.9 Å². The molecule has 1 amide bonds. The molecule has 1 aromatic heterocycles. The maximum Gasteiger partial charge on any atom is 0.243 e. The van der Waals surface area contributed by atoms with Crippen LogP contribution in [0.1, 0.15) is 23.7 Å². The van der Waals surface area contributed by atoms with Crippen LogP contribution in [0.15, 0.2) is 59.8 Å². The van der Waals surface area contributed by atoms with Crippen LogP contribution >= 0.6 is 0 Å². The van der Waals surface area contributed by atoms with E-state index in [1.54, 1.807) is 12.4 Å². The summed E-state index contributed by atoms with van der Waals surface area (Å²) in [6.07, 6.45) is 3.51. The van der Waals surface area contributed by atoms with Crippen LogP contribution in [-0.4, -0.2) is 47.0 Å². The van der Waals surface area contributed by atoms with Gasteiger partial charge in [-0.3, -0.25) is 4.79 Å². The summed E-state index contributed by atoms with van der Waals surface area (Å²) in [7, 11) is -2.59. The molecule has 2 aromatic carbocycles. The maximum atomic E-state index is 13.1. The predicted molar refractivity (Wildman–Crippen MR) is 112 cm³/mol. The molecule has 1 aliphatic rings. The molecule has 8 nitrogen and oxygen atoms in total. The lowest BCUT2D eigenvalue weighted by atomic mass is 9.91. The third kappa shape index (κ3) is 4.64. The number of carbonyl (C=O) groups is 1. The number of amides is 1. The Morgan fingerprint density at radius 3 is 2.81 bits per heavy atom. The van der Waals surface area contributed by atoms with E-state index in [0.717, 1.165) is 47.2 Å². The second-order valence-electron chi connectivity index (χ2n) is 7.52. The molecule has 1 N–H and O–H groups in total. The summed E-state index contributed by atoms with van der Waals surface area (Å²) in [6.45, 7) is 0.413. The summed E-state index contributed by atoms with van der Waals surface area (Å²) in [6, 6.07) is 12.0. The van der Waals surface area contributed by atoms with Crippen molar-refractivity contribution in [2.45, 2.75) is 30.2 Å². The number of hydrogen-bond donors (Lipinski definition) is 1. The highest BCUT2D eigenvalue weighted by Gasteiger charge is 2.24. The summed E-state index contributed by atoms with van der Waals surface area (Å²) in [4.78, 5) is 12.4. The van der Waals surface area contributed by atoms with Crippen LogP contribution in [0, 0.1) is 5.82 Å². The van der Waals surface area contributed by atoms with Gasteiger partial charge in [0.25, 0.3) is 0 Å². The van der Waals surface area contributed by atoms with Crippen molar-refractivity contribution in [1.29, 1.82) is 0 Å². The standard InChI is InChI=1S/C21H22FN5O3S/c1-26(31(29,30)19-8-6-17(22)7-9-19)13-21(28)24-18-4-2-3-15(11-18)16-5-10-20-25-23-14-27(20)12-16/h2-4,6-9,11,14,16H,5,10,12-13H2,1H3,(H,24,28). The zero-order valence-corrected chi connectivity index (χ0v) is 17.7. The van der Waals surface area contributed by atoms with Crippen molar-refractivity contribution in [3.8, 4) is 0 Å². The van der Waals surface area contributed by atoms with Gasteiger partial charge in [-0.2, -0.15) is 4.31 Å². The van der Waals surface area contributed by atoms with Gasteiger partial charge in [0.1, 0.15) is 18.0 Å². The summed E-state index contributed by atoms with van der Waals surface area (Å²) in [5, 5.41) is 10.8. The van der Waals surface area contributed by atoms with Crippen molar-refractivity contribution in [1.82, 2.24) is 19.1 Å². The number of nitrogens with zero attached hydrogens (tertiary/aromatic N) is 4. The molecule has 1 aliphatic heterocycles. The lowest BCUT2D eigenvalue weighted by molar-refractivity contribution is -0.116. The van der Waals surface area contributed by atoms with Gasteiger partial charge in [0, 0.05) is 31.6 Å². The largest absolute Gasteiger partial charge is 0.325 e. The Morgan fingerprint density at radius 1 is 1.26 bits per heavy atom. The van der Waals surface area contributed by atoms with Crippen molar-refractivity contribution < 1.29 is 17.6 Å². The Kier molecular flexibility index (Phi) is 5.84. The number of halogens is 1. The molecule has 3 aromatic rings. The van der Waals surface area contributed by atoms with Crippen LogP contribution in [-0.2, 0) is 27.8 Å². The van der Waals surface area contributed by atoms with Crippen LogP contribution in [0.5, 0.6) is 0 Å². The molecule has 0 radical (unpaired) electrons. The molecule has 10 heteroatoms. The molecule has 4 rings (SSSR count). The van der Waals surface area contributed by atoms with Crippen molar-refractivity contribution in [3.05, 3.63) is 72.1 Å². The minimum atomic E-state index is -3.90. The highest BCUT2D eigenvalue weighted by atomic mass is 32.2. The van der Waals surface area contributed by atoms with Gasteiger partial charge in [-0.05, 0) is 48.4 Å². The minimum absolute atomic E-state index is 0.0724. The Morgan fingerprint density at radius 2 is 2.03 bits per heavy atom. The Hall–Kier alpha value is -3.11. The fourth-order valence-electron chi connectivity index (χ4n) is 3.67. The molecule has 1 unspecified atom stereocenters. The van der Waals surface area contributed by atoms with Crippen molar-refractivity contribution in [2.24, 2.45) is 0 Å². The van der Waals surface area contributed by atoms with E-state index in [-0.39, 0.29) is 17.4 Å². The molecule has 0 spiro atoms. The van der Waals surface area contributed by atoms with E-state index >= 15 is 0 Å². The average molecular weight is 444 g/mol. The zero-order chi connectivity index (χ0) is 22.0. The fraction of sp³-hybridized carbons (Fsp3) is 0.286. The summed E-state index contributed by atoms with van der Waals surface area (Å²) in [5.74, 6) is 0.265. The first-order valence-corrected chi connectivity index (χ1v) is 11.3. The van der Waals surface area contributed by atoms with Crippen molar-refractivity contribution >= 4 is 21.6 Å². The first-order valence-electron chi connectivity index (χ1n) is 9.81. The van der Waals surface area contributed by atoms with Crippen LogP contribution < -0.4 is 5.32 Å². The molecular formula is C21H22FN5O3S. The van der Waals surface area contributed by atoms with Gasteiger partial charge in [0.15, 0.2) is 0 Å². The number of anilines is 1. The molecule has 31 heavy (non-hydrogen) atoms. The molecule has 0 aliphatic carbocycles. The van der Waals surface area contributed by atoms with E-state index in [0.29, 0.717) is 5.69 Å². The number of aryl methyl sites for hydroxylation is 1. The van der Waals surface area contributed by atoms with Crippen LogP contribution in [0.3, 0.4) is 0 Å². The molecule has 0 saturated carbocycles. The number of nitrogens with one attached hydrogen (secondary N) is 1. The molecule has 2 heterocycles. The highest BCUT2D eigenvalue weighted by molar-refractivity contribution is 7.89. The van der Waals surface area contributed by atoms with Gasteiger partial charge in [0.05, 0.1) is 11.4 Å². The number of sulfonamides is 1.